The van der Waals surface area contributed by atoms with Crippen LogP contribution in [0.5, 0.6) is 5.75 Å². The molecule has 0 saturated heterocycles. The molecule has 134 valence electrons. The van der Waals surface area contributed by atoms with E-state index in [1.807, 2.05) is 44.2 Å². The van der Waals surface area contributed by atoms with Gasteiger partial charge in [-0.1, -0.05) is 12.1 Å². The first kappa shape index (κ1) is 16.5. The summed E-state index contributed by atoms with van der Waals surface area (Å²) in [4.78, 5) is 21.4. The Bertz CT molecular complexity index is 960. The van der Waals surface area contributed by atoms with Crippen molar-refractivity contribution >= 4 is 11.7 Å². The molecule has 0 aliphatic heterocycles. The van der Waals surface area contributed by atoms with Gasteiger partial charge in [-0.25, -0.2) is 9.50 Å². The fourth-order valence-corrected chi connectivity index (χ4v) is 3.18. The second-order valence-corrected chi connectivity index (χ2v) is 6.75. The number of aryl methyl sites for hydroxylation is 2. The lowest BCUT2D eigenvalue weighted by Gasteiger charge is -2.18. The van der Waals surface area contributed by atoms with E-state index in [4.69, 9.17) is 4.74 Å². The fraction of sp³-hybridized carbons (Fsp3) is 0.368. The van der Waals surface area contributed by atoms with Crippen LogP contribution in [0.2, 0.25) is 0 Å². The number of nitrogens with zero attached hydrogens (tertiary/aromatic N) is 4. The number of benzene rings is 1. The third-order valence-corrected chi connectivity index (χ3v) is 4.68. The summed E-state index contributed by atoms with van der Waals surface area (Å²) in [5.41, 5.74) is 2.81. The maximum Gasteiger partial charge on any atom is 0.291 e. The Balaban J connectivity index is 1.59. The number of carbonyl (C=O) groups excluding carboxylic acids is 1. The molecule has 0 bridgehead atoms. The highest BCUT2D eigenvalue weighted by molar-refractivity contribution is 5.91. The molecule has 2 heterocycles. The maximum absolute atomic E-state index is 12.7. The highest BCUT2D eigenvalue weighted by Crippen LogP contribution is 2.41. The first-order valence-corrected chi connectivity index (χ1v) is 8.71. The van der Waals surface area contributed by atoms with Crippen molar-refractivity contribution in [2.75, 3.05) is 7.11 Å². The lowest BCUT2D eigenvalue weighted by molar-refractivity contribution is 0.0921. The lowest BCUT2D eigenvalue weighted by Crippen LogP contribution is -2.30. The highest BCUT2D eigenvalue weighted by Gasteiger charge is 2.34. The molecule has 7 heteroatoms. The number of hydrogen-bond donors (Lipinski definition) is 1. The smallest absolute Gasteiger partial charge is 0.291 e. The predicted octanol–water partition coefficient (Wildman–Crippen LogP) is 2.63. The lowest BCUT2D eigenvalue weighted by atomic mass is 10.0. The third-order valence-electron chi connectivity index (χ3n) is 4.68. The Kier molecular flexibility index (Phi) is 4.06. The van der Waals surface area contributed by atoms with E-state index in [1.54, 1.807) is 11.6 Å². The van der Waals surface area contributed by atoms with Crippen LogP contribution in [0, 0.1) is 19.8 Å². The number of ether oxygens (including phenoxy) is 1. The Morgan fingerprint density at radius 1 is 1.23 bits per heavy atom. The SMILES string of the molecule is COc1ccc(C(NC(=O)c2nc3nc(C)cc(C)n3n2)C2CC2)cc1. The normalized spacial score (nSPS) is 15.0. The first-order chi connectivity index (χ1) is 12.5. The molecule has 1 fully saturated rings. The van der Waals surface area contributed by atoms with Crippen LogP contribution < -0.4 is 10.1 Å². The van der Waals surface area contributed by atoms with E-state index in [0.717, 1.165) is 35.5 Å². The van der Waals surface area contributed by atoms with Gasteiger partial charge in [0.25, 0.3) is 11.7 Å². The molecule has 1 unspecified atom stereocenters. The molecule has 1 atom stereocenters. The van der Waals surface area contributed by atoms with Crippen molar-refractivity contribution in [3.63, 3.8) is 0 Å². The molecular weight excluding hydrogens is 330 g/mol. The summed E-state index contributed by atoms with van der Waals surface area (Å²) in [5.74, 6) is 1.56. The second kappa shape index (κ2) is 6.40. The van der Waals surface area contributed by atoms with Crippen LogP contribution in [0.25, 0.3) is 5.78 Å². The standard InChI is InChI=1S/C19H21N5O2/c1-11-10-12(2)24-19(20-11)22-17(23-24)18(25)21-16(13-4-5-13)14-6-8-15(26-3)9-7-14/h6-10,13,16H,4-5H2,1-3H3,(H,21,25). The summed E-state index contributed by atoms with van der Waals surface area (Å²) in [6, 6.07) is 9.68. The van der Waals surface area contributed by atoms with E-state index in [9.17, 15) is 4.79 Å². The summed E-state index contributed by atoms with van der Waals surface area (Å²) < 4.78 is 6.81. The van der Waals surface area contributed by atoms with Crippen LogP contribution in [-0.4, -0.2) is 32.6 Å². The van der Waals surface area contributed by atoms with Crippen molar-refractivity contribution < 1.29 is 9.53 Å². The van der Waals surface area contributed by atoms with Crippen LogP contribution in [-0.2, 0) is 0 Å². The number of rotatable bonds is 5. The summed E-state index contributed by atoms with van der Waals surface area (Å²) in [6.45, 7) is 3.82. The van der Waals surface area contributed by atoms with Gasteiger partial charge in [-0.05, 0) is 56.4 Å². The number of hydrogen-bond acceptors (Lipinski definition) is 5. The number of methoxy groups -OCH3 is 1. The zero-order valence-electron chi connectivity index (χ0n) is 15.1. The molecule has 26 heavy (non-hydrogen) atoms. The van der Waals surface area contributed by atoms with Crippen LogP contribution in [0.1, 0.15) is 46.5 Å². The van der Waals surface area contributed by atoms with E-state index < -0.39 is 0 Å². The second-order valence-electron chi connectivity index (χ2n) is 6.75. The molecule has 7 nitrogen and oxygen atoms in total. The average molecular weight is 351 g/mol. The maximum atomic E-state index is 12.7. The molecule has 0 spiro atoms. The molecule has 3 aromatic rings. The summed E-state index contributed by atoms with van der Waals surface area (Å²) in [5, 5.41) is 7.42. The molecule has 1 aliphatic carbocycles. The van der Waals surface area contributed by atoms with Gasteiger partial charge in [-0.2, -0.15) is 4.98 Å². The van der Waals surface area contributed by atoms with Gasteiger partial charge >= 0.3 is 0 Å². The third kappa shape index (κ3) is 3.12. The Morgan fingerprint density at radius 2 is 1.96 bits per heavy atom. The minimum Gasteiger partial charge on any atom is -0.497 e. The van der Waals surface area contributed by atoms with Gasteiger partial charge in [0.05, 0.1) is 13.2 Å². The van der Waals surface area contributed by atoms with E-state index in [-0.39, 0.29) is 17.8 Å². The topological polar surface area (TPSA) is 81.4 Å². The molecule has 1 aromatic carbocycles. The molecule has 4 rings (SSSR count). The van der Waals surface area contributed by atoms with Crippen molar-refractivity contribution in [3.05, 3.63) is 53.1 Å². The molecular formula is C19H21N5O2. The molecule has 1 saturated carbocycles. The number of amides is 1. The van der Waals surface area contributed by atoms with Crippen molar-refractivity contribution in [2.45, 2.75) is 32.7 Å². The van der Waals surface area contributed by atoms with Crippen molar-refractivity contribution in [1.29, 1.82) is 0 Å². The Hall–Kier alpha value is -2.96. The van der Waals surface area contributed by atoms with Gasteiger partial charge in [0.1, 0.15) is 5.75 Å². The van der Waals surface area contributed by atoms with Crippen molar-refractivity contribution in [1.82, 2.24) is 24.9 Å². The van der Waals surface area contributed by atoms with Crippen LogP contribution in [0.3, 0.4) is 0 Å². The molecule has 0 radical (unpaired) electrons. The summed E-state index contributed by atoms with van der Waals surface area (Å²) in [7, 11) is 1.64. The Morgan fingerprint density at radius 3 is 2.62 bits per heavy atom. The number of carbonyl (C=O) groups is 1. The van der Waals surface area contributed by atoms with Crippen molar-refractivity contribution in [3.8, 4) is 5.75 Å². The highest BCUT2D eigenvalue weighted by atomic mass is 16.5. The largest absolute Gasteiger partial charge is 0.497 e. The average Bonchev–Trinajstić information content (AvgIpc) is 3.38. The molecule has 1 N–H and O–H groups in total. The summed E-state index contributed by atoms with van der Waals surface area (Å²) in [6.07, 6.45) is 2.21. The van der Waals surface area contributed by atoms with Gasteiger partial charge in [-0.3, -0.25) is 4.79 Å². The Labute approximate surface area is 151 Å². The van der Waals surface area contributed by atoms with E-state index in [1.165, 1.54) is 0 Å². The quantitative estimate of drug-likeness (QED) is 0.764. The zero-order valence-corrected chi connectivity index (χ0v) is 15.1. The van der Waals surface area contributed by atoms with Gasteiger partial charge < -0.3 is 10.1 Å². The van der Waals surface area contributed by atoms with Gasteiger partial charge in [0.2, 0.25) is 5.82 Å². The summed E-state index contributed by atoms with van der Waals surface area (Å²) >= 11 is 0. The monoisotopic (exact) mass is 351 g/mol. The van der Waals surface area contributed by atoms with Crippen LogP contribution in [0.4, 0.5) is 0 Å². The number of fused-ring (bicyclic) bond motifs is 1. The first-order valence-electron chi connectivity index (χ1n) is 8.71. The minimum atomic E-state index is -0.278. The van der Waals surface area contributed by atoms with Crippen LogP contribution in [0.15, 0.2) is 30.3 Å². The van der Waals surface area contributed by atoms with E-state index >= 15 is 0 Å². The zero-order chi connectivity index (χ0) is 18.3. The van der Waals surface area contributed by atoms with E-state index in [0.29, 0.717) is 11.7 Å². The molecule has 1 amide bonds. The van der Waals surface area contributed by atoms with Gasteiger partial charge in [0, 0.05) is 11.4 Å². The minimum absolute atomic E-state index is 0.0455. The van der Waals surface area contributed by atoms with Gasteiger partial charge in [0.15, 0.2) is 0 Å². The van der Waals surface area contributed by atoms with Crippen LogP contribution >= 0.6 is 0 Å². The number of nitrogens with one attached hydrogen (secondary N) is 1. The van der Waals surface area contributed by atoms with Crippen molar-refractivity contribution in [2.24, 2.45) is 5.92 Å². The predicted molar refractivity (Wildman–Crippen MR) is 96.2 cm³/mol. The number of aromatic nitrogens is 4. The molecule has 2 aromatic heterocycles. The fourth-order valence-electron chi connectivity index (χ4n) is 3.18. The van der Waals surface area contributed by atoms with E-state index in [2.05, 4.69) is 20.4 Å². The molecule has 1 aliphatic rings. The van der Waals surface area contributed by atoms with Gasteiger partial charge in [-0.15, -0.1) is 5.10 Å².